The molecule has 0 bridgehead atoms. The summed E-state index contributed by atoms with van der Waals surface area (Å²) in [7, 11) is 0. The Balaban J connectivity index is 0.000000212. The van der Waals surface area contributed by atoms with E-state index in [1.54, 1.807) is 0 Å². The molecule has 0 fully saturated rings. The van der Waals surface area contributed by atoms with Gasteiger partial charge in [-0.3, -0.25) is 0 Å². The van der Waals surface area contributed by atoms with Crippen LogP contribution in [0, 0.1) is 5.92 Å². The van der Waals surface area contributed by atoms with Gasteiger partial charge in [0.05, 0.1) is 0 Å². The van der Waals surface area contributed by atoms with Crippen molar-refractivity contribution in [1.29, 1.82) is 0 Å². The predicted octanol–water partition coefficient (Wildman–Crippen LogP) is 4.98. The molecule has 0 aliphatic heterocycles. The van der Waals surface area contributed by atoms with Gasteiger partial charge < -0.3 is 0 Å². The molecule has 0 unspecified atom stereocenters. The van der Waals surface area contributed by atoms with Crippen molar-refractivity contribution in [1.82, 2.24) is 0 Å². The summed E-state index contributed by atoms with van der Waals surface area (Å²) in [4.78, 5) is 0. The third-order valence-electron chi connectivity index (χ3n) is 2.53. The molecular formula is C16H22. The molecule has 0 radical (unpaired) electrons. The molecule has 0 atom stereocenters. The topological polar surface area (TPSA) is 0 Å². The minimum Gasteiger partial charge on any atom is -0.0808 e. The van der Waals surface area contributed by atoms with Crippen LogP contribution in [0.3, 0.4) is 0 Å². The molecule has 2 aliphatic carbocycles. The molecule has 2 rings (SSSR count). The first-order chi connectivity index (χ1) is 7.70. The van der Waals surface area contributed by atoms with Crippen LogP contribution in [0.1, 0.15) is 33.6 Å². The van der Waals surface area contributed by atoms with Crippen molar-refractivity contribution in [3.63, 3.8) is 0 Å². The van der Waals surface area contributed by atoms with Crippen LogP contribution in [0.25, 0.3) is 0 Å². The van der Waals surface area contributed by atoms with E-state index < -0.39 is 0 Å². The van der Waals surface area contributed by atoms with E-state index in [0.717, 1.165) is 12.3 Å². The van der Waals surface area contributed by atoms with Crippen molar-refractivity contribution in [2.75, 3.05) is 0 Å². The molecule has 0 heteroatoms. The highest BCUT2D eigenvalue weighted by molar-refractivity contribution is 5.42. The molecule has 2 aliphatic rings. The Labute approximate surface area is 99.8 Å². The monoisotopic (exact) mass is 214 g/mol. The zero-order valence-corrected chi connectivity index (χ0v) is 10.6. The summed E-state index contributed by atoms with van der Waals surface area (Å²) in [5, 5.41) is 0. The minimum atomic E-state index is 0.768. The van der Waals surface area contributed by atoms with Gasteiger partial charge in [0.2, 0.25) is 0 Å². The fourth-order valence-corrected chi connectivity index (χ4v) is 1.78. The predicted molar refractivity (Wildman–Crippen MR) is 73.3 cm³/mol. The summed E-state index contributed by atoms with van der Waals surface area (Å²) >= 11 is 0. The Morgan fingerprint density at radius 2 is 1.62 bits per heavy atom. The van der Waals surface area contributed by atoms with Gasteiger partial charge >= 0.3 is 0 Å². The van der Waals surface area contributed by atoms with E-state index in [2.05, 4.69) is 69.4 Å². The lowest BCUT2D eigenvalue weighted by Crippen LogP contribution is -1.89. The molecule has 0 heterocycles. The third kappa shape index (κ3) is 4.97. The summed E-state index contributed by atoms with van der Waals surface area (Å²) in [6, 6.07) is 0. The molecule has 0 nitrogen and oxygen atoms in total. The van der Waals surface area contributed by atoms with Gasteiger partial charge in [-0.05, 0) is 31.3 Å². The molecule has 0 saturated heterocycles. The molecule has 16 heavy (non-hydrogen) atoms. The van der Waals surface area contributed by atoms with Gasteiger partial charge in [-0.15, -0.1) is 0 Å². The minimum absolute atomic E-state index is 0.768. The van der Waals surface area contributed by atoms with Gasteiger partial charge in [-0.25, -0.2) is 0 Å². The second kappa shape index (κ2) is 7.05. The standard InChI is InChI=1S/C11H16.C5H6/c1-9(2)8-10(3)11-6-4-5-7-11;1-2-4-5-3-1/h4-7,9H,8H2,1-3H3;1-4H,5H2. The summed E-state index contributed by atoms with van der Waals surface area (Å²) in [5.41, 5.74) is 2.91. The fraction of sp³-hybridized carbons (Fsp3) is 0.375. The van der Waals surface area contributed by atoms with Gasteiger partial charge in [0.15, 0.2) is 0 Å². The highest BCUT2D eigenvalue weighted by Gasteiger charge is 2.00. The Morgan fingerprint density at radius 1 is 1.06 bits per heavy atom. The molecule has 0 aromatic rings. The van der Waals surface area contributed by atoms with Crippen LogP contribution in [0.5, 0.6) is 0 Å². The Bertz CT molecular complexity index is 322. The largest absolute Gasteiger partial charge is 0.0808 e. The highest BCUT2D eigenvalue weighted by Crippen LogP contribution is 2.18. The van der Waals surface area contributed by atoms with Crippen LogP contribution in [-0.4, -0.2) is 0 Å². The summed E-state index contributed by atoms with van der Waals surface area (Å²) < 4.78 is 0. The normalized spacial score (nSPS) is 15.9. The fourth-order valence-electron chi connectivity index (χ4n) is 1.78. The summed E-state index contributed by atoms with van der Waals surface area (Å²) in [6.07, 6.45) is 19.3. The first-order valence-corrected chi connectivity index (χ1v) is 6.06. The van der Waals surface area contributed by atoms with Gasteiger partial charge in [0, 0.05) is 0 Å². The molecule has 0 N–H and O–H groups in total. The number of hydrogen-bond donors (Lipinski definition) is 0. The molecule has 0 saturated carbocycles. The maximum Gasteiger partial charge on any atom is -0.0163 e. The van der Waals surface area contributed by atoms with Crippen LogP contribution in [0.4, 0.5) is 0 Å². The van der Waals surface area contributed by atoms with E-state index in [1.807, 2.05) is 0 Å². The molecule has 0 aromatic carbocycles. The van der Waals surface area contributed by atoms with E-state index in [4.69, 9.17) is 0 Å². The number of hydrogen-bond acceptors (Lipinski definition) is 0. The Hall–Kier alpha value is -1.30. The molecular weight excluding hydrogens is 192 g/mol. The van der Waals surface area contributed by atoms with E-state index in [0.29, 0.717) is 0 Å². The first-order valence-electron chi connectivity index (χ1n) is 6.06. The van der Waals surface area contributed by atoms with Crippen LogP contribution >= 0.6 is 0 Å². The molecule has 0 amide bonds. The molecule has 86 valence electrons. The Kier molecular flexibility index (Phi) is 5.63. The maximum absolute atomic E-state index is 2.26. The van der Waals surface area contributed by atoms with Crippen molar-refractivity contribution in [3.8, 4) is 0 Å². The Morgan fingerprint density at radius 3 is 2.00 bits per heavy atom. The third-order valence-corrected chi connectivity index (χ3v) is 2.53. The van der Waals surface area contributed by atoms with Crippen molar-refractivity contribution in [3.05, 3.63) is 59.8 Å². The summed E-state index contributed by atoms with van der Waals surface area (Å²) in [6.45, 7) is 6.73. The van der Waals surface area contributed by atoms with Gasteiger partial charge in [-0.1, -0.05) is 68.0 Å². The van der Waals surface area contributed by atoms with Crippen LogP contribution in [0.2, 0.25) is 0 Å². The maximum atomic E-state index is 2.26. The smallest absolute Gasteiger partial charge is 0.0163 e. The van der Waals surface area contributed by atoms with E-state index in [1.165, 1.54) is 17.6 Å². The highest BCUT2D eigenvalue weighted by atomic mass is 14.1. The van der Waals surface area contributed by atoms with Crippen LogP contribution in [0.15, 0.2) is 59.8 Å². The lowest BCUT2D eigenvalue weighted by Gasteiger charge is -2.06. The van der Waals surface area contributed by atoms with Gasteiger partial charge in [0.1, 0.15) is 0 Å². The van der Waals surface area contributed by atoms with Gasteiger partial charge in [0.25, 0.3) is 0 Å². The van der Waals surface area contributed by atoms with Gasteiger partial charge in [-0.2, -0.15) is 0 Å². The number of rotatable bonds is 2. The zero-order valence-electron chi connectivity index (χ0n) is 10.6. The SMILES string of the molecule is C1=CCC=C1.CC(CC(C)C)=C1C=CC=C1. The van der Waals surface area contributed by atoms with Crippen LogP contribution in [-0.2, 0) is 0 Å². The summed E-state index contributed by atoms with van der Waals surface area (Å²) in [5.74, 6) is 0.768. The second-order valence-electron chi connectivity index (χ2n) is 4.64. The second-order valence-corrected chi connectivity index (χ2v) is 4.64. The van der Waals surface area contributed by atoms with E-state index >= 15 is 0 Å². The average molecular weight is 214 g/mol. The average Bonchev–Trinajstić information content (AvgIpc) is 2.94. The lowest BCUT2D eigenvalue weighted by atomic mass is 10.0. The van der Waals surface area contributed by atoms with Crippen molar-refractivity contribution >= 4 is 0 Å². The van der Waals surface area contributed by atoms with Crippen molar-refractivity contribution in [2.45, 2.75) is 33.6 Å². The van der Waals surface area contributed by atoms with E-state index in [-0.39, 0.29) is 0 Å². The van der Waals surface area contributed by atoms with Crippen molar-refractivity contribution < 1.29 is 0 Å². The lowest BCUT2D eigenvalue weighted by molar-refractivity contribution is 0.641. The van der Waals surface area contributed by atoms with E-state index in [9.17, 15) is 0 Å². The molecule has 0 aromatic heterocycles. The van der Waals surface area contributed by atoms with Crippen LogP contribution < -0.4 is 0 Å². The number of allylic oxidation sites excluding steroid dienone is 10. The van der Waals surface area contributed by atoms with Crippen molar-refractivity contribution in [2.24, 2.45) is 5.92 Å². The first kappa shape index (κ1) is 12.8. The quantitative estimate of drug-likeness (QED) is 0.608. The zero-order chi connectivity index (χ0) is 11.8. The molecule has 0 spiro atoms.